The Morgan fingerprint density at radius 1 is 0.385 bits per heavy atom. The van der Waals surface area contributed by atoms with E-state index in [-0.39, 0.29) is 0 Å². The molecule has 5 aromatic carbocycles. The molecule has 2 aromatic heterocycles. The van der Waals surface area contributed by atoms with Crippen LogP contribution in [-0.4, -0.2) is 19.9 Å². The molecule has 5 heteroatoms. The molecule has 0 radical (unpaired) electrons. The number of aromatic nitrogens is 4. The van der Waals surface area contributed by atoms with E-state index >= 15 is 0 Å². The lowest BCUT2D eigenvalue weighted by Gasteiger charge is -2.10. The molecule has 0 fully saturated rings. The van der Waals surface area contributed by atoms with Gasteiger partial charge in [0.25, 0.3) is 0 Å². The van der Waals surface area contributed by atoms with Crippen molar-refractivity contribution >= 4 is 11.1 Å². The lowest BCUT2D eigenvalue weighted by molar-refractivity contribution is 0.621. The van der Waals surface area contributed by atoms with Gasteiger partial charge in [-0.3, -0.25) is 0 Å². The van der Waals surface area contributed by atoms with Gasteiger partial charge in [0.2, 0.25) is 5.89 Å². The Bertz CT molecular complexity index is 1830. The molecule has 5 nitrogen and oxygen atoms in total. The Kier molecular flexibility index (Phi) is 5.72. The lowest BCUT2D eigenvalue weighted by Crippen LogP contribution is -2.00. The molecule has 7 aromatic rings. The largest absolute Gasteiger partial charge is 0.435 e. The van der Waals surface area contributed by atoms with Crippen LogP contribution in [0.3, 0.4) is 0 Å². The van der Waals surface area contributed by atoms with E-state index in [1.54, 1.807) is 0 Å². The molecular formula is C34H22N4O. The van der Waals surface area contributed by atoms with Crippen molar-refractivity contribution in [3.63, 3.8) is 0 Å². The summed E-state index contributed by atoms with van der Waals surface area (Å²) in [5, 5.41) is 0. The van der Waals surface area contributed by atoms with Gasteiger partial charge in [0.1, 0.15) is 5.52 Å². The van der Waals surface area contributed by atoms with Crippen LogP contribution in [-0.2, 0) is 0 Å². The van der Waals surface area contributed by atoms with E-state index in [0.29, 0.717) is 23.4 Å². The molecule has 0 aliphatic heterocycles. The molecule has 0 aliphatic rings. The van der Waals surface area contributed by atoms with E-state index < -0.39 is 0 Å². The van der Waals surface area contributed by atoms with Gasteiger partial charge < -0.3 is 4.42 Å². The maximum atomic E-state index is 6.35. The maximum absolute atomic E-state index is 6.35. The molecule has 7 rings (SSSR count). The van der Waals surface area contributed by atoms with E-state index in [1.165, 1.54) is 0 Å². The van der Waals surface area contributed by atoms with Crippen LogP contribution in [0.4, 0.5) is 0 Å². The maximum Gasteiger partial charge on any atom is 0.227 e. The Morgan fingerprint density at radius 3 is 1.33 bits per heavy atom. The second kappa shape index (κ2) is 9.80. The Balaban J connectivity index is 1.47. The van der Waals surface area contributed by atoms with E-state index in [9.17, 15) is 0 Å². The number of rotatable bonds is 5. The first-order valence-corrected chi connectivity index (χ1v) is 12.7. The van der Waals surface area contributed by atoms with Crippen molar-refractivity contribution in [2.75, 3.05) is 0 Å². The highest BCUT2D eigenvalue weighted by molar-refractivity contribution is 5.95. The molecule has 2 heterocycles. The smallest absolute Gasteiger partial charge is 0.227 e. The summed E-state index contributed by atoms with van der Waals surface area (Å²) in [7, 11) is 0. The zero-order chi connectivity index (χ0) is 26.0. The first kappa shape index (κ1) is 22.8. The first-order chi connectivity index (χ1) is 19.3. The van der Waals surface area contributed by atoms with Crippen molar-refractivity contribution in [3.8, 4) is 56.7 Å². The molecule has 0 bridgehead atoms. The van der Waals surface area contributed by atoms with Crippen LogP contribution < -0.4 is 0 Å². The summed E-state index contributed by atoms with van der Waals surface area (Å²) < 4.78 is 6.35. The van der Waals surface area contributed by atoms with Crippen molar-refractivity contribution in [2.24, 2.45) is 0 Å². The van der Waals surface area contributed by atoms with Crippen molar-refractivity contribution in [3.05, 3.63) is 133 Å². The molecule has 0 N–H and O–H groups in total. The third kappa shape index (κ3) is 4.47. The second-order valence-electron chi connectivity index (χ2n) is 9.16. The lowest BCUT2D eigenvalue weighted by atomic mass is 10.0. The highest BCUT2D eigenvalue weighted by atomic mass is 16.3. The van der Waals surface area contributed by atoms with Crippen LogP contribution in [0.1, 0.15) is 0 Å². The third-order valence-electron chi connectivity index (χ3n) is 6.55. The van der Waals surface area contributed by atoms with Crippen LogP contribution in [0.2, 0.25) is 0 Å². The minimum atomic E-state index is 0.575. The average Bonchev–Trinajstić information content (AvgIpc) is 3.47. The van der Waals surface area contributed by atoms with Gasteiger partial charge in [-0.2, -0.15) is 0 Å². The summed E-state index contributed by atoms with van der Waals surface area (Å²) in [4.78, 5) is 19.6. The number of nitrogens with zero attached hydrogens (tertiary/aromatic N) is 4. The fraction of sp³-hybridized carbons (Fsp3) is 0. The minimum absolute atomic E-state index is 0.575. The molecule has 0 amide bonds. The van der Waals surface area contributed by atoms with E-state index in [1.807, 2.05) is 115 Å². The van der Waals surface area contributed by atoms with Gasteiger partial charge in [0, 0.05) is 27.8 Å². The highest BCUT2D eigenvalue weighted by Crippen LogP contribution is 2.36. The Labute approximate surface area is 225 Å². The fourth-order valence-electron chi connectivity index (χ4n) is 4.64. The van der Waals surface area contributed by atoms with Crippen molar-refractivity contribution in [1.29, 1.82) is 0 Å². The van der Waals surface area contributed by atoms with Gasteiger partial charge in [0.15, 0.2) is 23.1 Å². The molecule has 0 aliphatic carbocycles. The second-order valence-corrected chi connectivity index (χ2v) is 9.16. The van der Waals surface area contributed by atoms with Crippen LogP contribution in [0.15, 0.2) is 138 Å². The summed E-state index contributed by atoms with van der Waals surface area (Å²) in [6.07, 6.45) is 0. The monoisotopic (exact) mass is 502 g/mol. The van der Waals surface area contributed by atoms with Crippen LogP contribution >= 0.6 is 0 Å². The number of fused-ring (bicyclic) bond motifs is 1. The minimum Gasteiger partial charge on any atom is -0.435 e. The summed E-state index contributed by atoms with van der Waals surface area (Å²) in [5.74, 6) is 2.38. The highest BCUT2D eigenvalue weighted by Gasteiger charge is 2.18. The molecule has 0 atom stereocenters. The molecule has 184 valence electrons. The van der Waals surface area contributed by atoms with Gasteiger partial charge in [-0.1, -0.05) is 109 Å². The molecular weight excluding hydrogens is 480 g/mol. The van der Waals surface area contributed by atoms with Crippen LogP contribution in [0.5, 0.6) is 0 Å². The zero-order valence-electron chi connectivity index (χ0n) is 20.9. The quantitative estimate of drug-likeness (QED) is 0.237. The molecule has 0 saturated carbocycles. The van der Waals surface area contributed by atoms with Crippen molar-refractivity contribution < 1.29 is 4.42 Å². The fourth-order valence-corrected chi connectivity index (χ4v) is 4.64. The molecule has 0 saturated heterocycles. The standard InChI is InChI=1S/C34H22N4O/c1-5-13-23(14-6-1)28-21-27(22-29-30(28)39-34(35-29)26-19-11-4-12-20-26)33-37-31(24-15-7-2-8-16-24)36-32(38-33)25-17-9-3-10-18-25/h1-22H. The number of hydrogen-bond acceptors (Lipinski definition) is 5. The molecule has 39 heavy (non-hydrogen) atoms. The summed E-state index contributed by atoms with van der Waals surface area (Å²) in [6.45, 7) is 0. The van der Waals surface area contributed by atoms with E-state index in [0.717, 1.165) is 44.5 Å². The van der Waals surface area contributed by atoms with E-state index in [4.69, 9.17) is 24.4 Å². The Hall–Kier alpha value is -5.42. The zero-order valence-corrected chi connectivity index (χ0v) is 20.9. The van der Waals surface area contributed by atoms with Gasteiger partial charge in [-0.15, -0.1) is 0 Å². The summed E-state index contributed by atoms with van der Waals surface area (Å²) >= 11 is 0. The molecule has 0 spiro atoms. The first-order valence-electron chi connectivity index (χ1n) is 12.7. The molecule has 0 unspecified atom stereocenters. The predicted octanol–water partition coefficient (Wildman–Crippen LogP) is 8.35. The third-order valence-corrected chi connectivity index (χ3v) is 6.55. The van der Waals surface area contributed by atoms with E-state index in [2.05, 4.69) is 18.2 Å². The predicted molar refractivity (Wildman–Crippen MR) is 155 cm³/mol. The number of hydrogen-bond donors (Lipinski definition) is 0. The Morgan fingerprint density at radius 2 is 0.821 bits per heavy atom. The normalized spacial score (nSPS) is 11.1. The summed E-state index contributed by atoms with van der Waals surface area (Å²) in [6, 6.07) is 44.2. The van der Waals surface area contributed by atoms with Gasteiger partial charge in [-0.25, -0.2) is 19.9 Å². The van der Waals surface area contributed by atoms with Gasteiger partial charge in [-0.05, 0) is 29.8 Å². The van der Waals surface area contributed by atoms with Crippen LogP contribution in [0.25, 0.3) is 67.8 Å². The topological polar surface area (TPSA) is 64.7 Å². The summed E-state index contributed by atoms with van der Waals surface area (Å²) in [5.41, 5.74) is 7.04. The average molecular weight is 503 g/mol. The SMILES string of the molecule is c1ccc(-c2nc(-c3ccccc3)nc(-c3cc(-c4ccccc4)c4oc(-c5ccccc5)nc4c3)n2)cc1. The van der Waals surface area contributed by atoms with Crippen molar-refractivity contribution in [1.82, 2.24) is 19.9 Å². The van der Waals surface area contributed by atoms with Gasteiger partial charge >= 0.3 is 0 Å². The number of oxazole rings is 1. The number of benzene rings is 5. The van der Waals surface area contributed by atoms with Crippen LogP contribution in [0, 0.1) is 0 Å². The van der Waals surface area contributed by atoms with Crippen molar-refractivity contribution in [2.45, 2.75) is 0 Å². The van der Waals surface area contributed by atoms with Gasteiger partial charge in [0.05, 0.1) is 0 Å².